The van der Waals surface area contributed by atoms with Gasteiger partial charge in [-0.1, -0.05) is 44.2 Å². The third kappa shape index (κ3) is 2.22. The molecule has 0 amide bonds. The van der Waals surface area contributed by atoms with Crippen LogP contribution in [0.25, 0.3) is 0 Å². The maximum atomic E-state index is 12.2. The Morgan fingerprint density at radius 1 is 1.31 bits per heavy atom. The first-order valence-electron chi connectivity index (χ1n) is 6.51. The Labute approximate surface area is 104 Å². The minimum Gasteiger partial charge on any atom is -0.288 e. The molecule has 1 aromatic heterocycles. The lowest BCUT2D eigenvalue weighted by Crippen LogP contribution is -1.98. The third-order valence-corrected chi connectivity index (χ3v) is 3.11. The molecule has 0 radical (unpaired) electrons. The molecule has 0 saturated carbocycles. The predicted molar refractivity (Wildman–Crippen MR) is 68.3 cm³/mol. The van der Waals surface area contributed by atoms with E-state index in [0.717, 1.165) is 16.9 Å². The molecule has 0 saturated heterocycles. The molecule has 0 spiro atoms. The maximum Gasteiger partial charge on any atom is 0.202 e. The summed E-state index contributed by atoms with van der Waals surface area (Å²) in [6, 6.07) is 8.45. The van der Waals surface area contributed by atoms with E-state index in [4.69, 9.17) is 4.11 Å². The molecule has 0 aliphatic heterocycles. The van der Waals surface area contributed by atoms with E-state index in [1.165, 1.54) is 6.07 Å². The van der Waals surface area contributed by atoms with E-state index >= 15 is 0 Å². The first kappa shape index (κ1) is 7.80. The van der Waals surface area contributed by atoms with Crippen LogP contribution in [0.1, 0.15) is 44.7 Å². The van der Waals surface area contributed by atoms with Crippen LogP contribution in [0.2, 0.25) is 0 Å². The Bertz CT molecular complexity index is 589. The summed E-state index contributed by atoms with van der Waals surface area (Å²) in [7, 11) is 0. The lowest BCUT2D eigenvalue weighted by molar-refractivity contribution is 0.104. The minimum absolute atomic E-state index is 0.0808. The molecule has 0 aliphatic rings. The average molecular weight is 233 g/mol. The third-order valence-electron chi connectivity index (χ3n) is 2.37. The molecule has 1 heterocycles. The lowest BCUT2D eigenvalue weighted by Gasteiger charge is -2.05. The van der Waals surface area contributed by atoms with Crippen molar-refractivity contribution >= 4 is 17.1 Å². The van der Waals surface area contributed by atoms with Gasteiger partial charge in [-0.05, 0) is 22.9 Å². The quantitative estimate of drug-likeness (QED) is 0.729. The first-order valence-corrected chi connectivity index (χ1v) is 5.83. The van der Waals surface area contributed by atoms with Crippen molar-refractivity contribution in [3.63, 3.8) is 0 Å². The van der Waals surface area contributed by atoms with Gasteiger partial charge in [0.05, 0.1) is 7.62 Å². The number of thiophene rings is 1. The van der Waals surface area contributed by atoms with Gasteiger partial charge < -0.3 is 0 Å². The summed E-state index contributed by atoms with van der Waals surface area (Å²) >= 11 is 1.02. The molecule has 0 atom stereocenters. The number of carbonyl (C=O) groups excluding carboxylic acids is 1. The van der Waals surface area contributed by atoms with Crippen molar-refractivity contribution in [1.29, 1.82) is 0 Å². The number of hydrogen-bond donors (Lipinski definition) is 0. The summed E-state index contributed by atoms with van der Waals surface area (Å²) in [6.07, 6.45) is 0. The summed E-state index contributed by atoms with van der Waals surface area (Å²) in [5.41, 5.74) is 1.37. The second-order valence-corrected chi connectivity index (χ2v) is 4.61. The average Bonchev–Trinajstić information content (AvgIpc) is 2.68. The molecule has 2 heteroatoms. The topological polar surface area (TPSA) is 17.1 Å². The SMILES string of the molecule is [2H]c1cc(C(=O)c2ccc(C([2H])(C)C)cc2)sc1[2H]. The normalized spacial score (nSPS) is 14.0. The van der Waals surface area contributed by atoms with Gasteiger partial charge in [-0.2, -0.15) is 0 Å². The van der Waals surface area contributed by atoms with Gasteiger partial charge >= 0.3 is 0 Å². The van der Waals surface area contributed by atoms with Crippen LogP contribution in [0.4, 0.5) is 0 Å². The highest BCUT2D eigenvalue weighted by Crippen LogP contribution is 2.18. The number of ketones is 1. The van der Waals surface area contributed by atoms with Gasteiger partial charge in [0.25, 0.3) is 0 Å². The van der Waals surface area contributed by atoms with Crippen molar-refractivity contribution in [3.05, 3.63) is 57.7 Å². The van der Waals surface area contributed by atoms with Crippen molar-refractivity contribution in [2.45, 2.75) is 19.7 Å². The molecule has 0 fully saturated rings. The van der Waals surface area contributed by atoms with Crippen LogP contribution in [0.15, 0.2) is 41.7 Å². The van der Waals surface area contributed by atoms with Gasteiger partial charge in [-0.15, -0.1) is 11.3 Å². The zero-order valence-electron chi connectivity index (χ0n) is 12.2. The molecular formula is C14H14OS. The molecule has 16 heavy (non-hydrogen) atoms. The van der Waals surface area contributed by atoms with Gasteiger partial charge in [0.15, 0.2) is 0 Å². The Balaban J connectivity index is 2.30. The Morgan fingerprint density at radius 2 is 2.00 bits per heavy atom. The summed E-state index contributed by atoms with van der Waals surface area (Å²) in [5.74, 6) is -0.862. The fourth-order valence-corrected chi connectivity index (χ4v) is 1.97. The first-order chi connectivity index (χ1) is 8.79. The molecule has 0 aliphatic carbocycles. The maximum absolute atomic E-state index is 12.2. The second-order valence-electron chi connectivity index (χ2n) is 3.76. The van der Waals surface area contributed by atoms with Crippen molar-refractivity contribution in [2.75, 3.05) is 0 Å². The number of benzene rings is 1. The van der Waals surface area contributed by atoms with Crippen LogP contribution in [-0.4, -0.2) is 5.78 Å². The fraction of sp³-hybridized carbons (Fsp3) is 0.214. The monoisotopic (exact) mass is 233 g/mol. The lowest BCUT2D eigenvalue weighted by atomic mass is 10.0. The van der Waals surface area contributed by atoms with Crippen molar-refractivity contribution < 1.29 is 8.91 Å². The van der Waals surface area contributed by atoms with Gasteiger partial charge in [0.1, 0.15) is 0 Å². The Hall–Kier alpha value is -1.41. The van der Waals surface area contributed by atoms with E-state index in [-0.39, 0.29) is 17.2 Å². The molecule has 2 rings (SSSR count). The van der Waals surface area contributed by atoms with Crippen LogP contribution < -0.4 is 0 Å². The number of carbonyl (C=O) groups is 1. The van der Waals surface area contributed by atoms with Crippen LogP contribution in [-0.2, 0) is 0 Å². The molecule has 1 aromatic carbocycles. The van der Waals surface area contributed by atoms with E-state index in [2.05, 4.69) is 0 Å². The Morgan fingerprint density at radius 3 is 2.50 bits per heavy atom. The van der Waals surface area contributed by atoms with E-state index < -0.39 is 5.89 Å². The molecule has 0 bridgehead atoms. The molecule has 82 valence electrons. The van der Waals surface area contributed by atoms with Gasteiger partial charge in [0.2, 0.25) is 5.78 Å². The Kier molecular flexibility index (Phi) is 2.25. The smallest absolute Gasteiger partial charge is 0.202 e. The highest BCUT2D eigenvalue weighted by Gasteiger charge is 2.09. The highest BCUT2D eigenvalue weighted by atomic mass is 32.1. The summed E-state index contributed by atoms with van der Waals surface area (Å²) < 4.78 is 22.8. The molecule has 0 unspecified atom stereocenters. The van der Waals surface area contributed by atoms with E-state index in [1.54, 1.807) is 38.1 Å². The molecule has 2 aromatic rings. The van der Waals surface area contributed by atoms with Gasteiger partial charge in [-0.25, -0.2) is 0 Å². The van der Waals surface area contributed by atoms with Crippen molar-refractivity contribution in [2.24, 2.45) is 0 Å². The summed E-state index contributed by atoms with van der Waals surface area (Å²) in [5, 5.41) is 0.104. The van der Waals surface area contributed by atoms with Crippen LogP contribution in [0.3, 0.4) is 0 Å². The summed E-state index contributed by atoms with van der Waals surface area (Å²) in [6.45, 7) is 3.59. The number of hydrogen-bond acceptors (Lipinski definition) is 2. The summed E-state index contributed by atoms with van der Waals surface area (Å²) in [4.78, 5) is 12.6. The molecule has 0 N–H and O–H groups in total. The highest BCUT2D eigenvalue weighted by molar-refractivity contribution is 7.12. The molecular weight excluding hydrogens is 216 g/mol. The largest absolute Gasteiger partial charge is 0.288 e. The van der Waals surface area contributed by atoms with E-state index in [9.17, 15) is 4.79 Å². The minimum atomic E-state index is -0.687. The zero-order chi connectivity index (χ0) is 14.2. The van der Waals surface area contributed by atoms with Crippen LogP contribution in [0.5, 0.6) is 0 Å². The van der Waals surface area contributed by atoms with Crippen LogP contribution >= 0.6 is 11.3 Å². The van der Waals surface area contributed by atoms with Crippen LogP contribution in [0, 0.1) is 0 Å². The van der Waals surface area contributed by atoms with Crippen molar-refractivity contribution in [3.8, 4) is 0 Å². The van der Waals surface area contributed by atoms with E-state index in [0.29, 0.717) is 10.4 Å². The second kappa shape index (κ2) is 4.62. The van der Waals surface area contributed by atoms with E-state index in [1.807, 2.05) is 0 Å². The van der Waals surface area contributed by atoms with Gasteiger partial charge in [0, 0.05) is 6.93 Å². The van der Waals surface area contributed by atoms with Gasteiger partial charge in [-0.3, -0.25) is 4.79 Å². The fourth-order valence-electron chi connectivity index (χ4n) is 1.42. The standard InChI is InChI=1S/C14H14OS/c1-10(2)11-5-7-12(8-6-11)14(15)13-4-3-9-16-13/h3-10H,1-2H3/i3D,9D,10D. The predicted octanol–water partition coefficient (Wildman–Crippen LogP) is 4.10. The molecule has 1 nitrogen and oxygen atoms in total. The number of rotatable bonds is 3. The zero-order valence-corrected chi connectivity index (χ0v) is 10.0. The van der Waals surface area contributed by atoms with Crippen molar-refractivity contribution in [1.82, 2.24) is 0 Å².